The maximum absolute atomic E-state index is 13.0. The molecule has 0 radical (unpaired) electrons. The van der Waals surface area contributed by atoms with Crippen LogP contribution in [0.1, 0.15) is 32.6 Å². The number of sulfonamides is 1. The van der Waals surface area contributed by atoms with Crippen molar-refractivity contribution in [1.29, 1.82) is 0 Å². The number of hydrogen-bond donors (Lipinski definition) is 2. The van der Waals surface area contributed by atoms with Gasteiger partial charge in [0.25, 0.3) is 15.9 Å². The van der Waals surface area contributed by atoms with Gasteiger partial charge in [-0.1, -0.05) is 30.3 Å². The summed E-state index contributed by atoms with van der Waals surface area (Å²) >= 11 is 0. The highest BCUT2D eigenvalue weighted by Gasteiger charge is 2.20. The Kier molecular flexibility index (Phi) is 6.65. The quantitative estimate of drug-likeness (QED) is 0.574. The number of hydrogen-bond acceptors (Lipinski definition) is 4. The number of carbonyl (C=O) groups is 1. The fourth-order valence-corrected chi connectivity index (χ4v) is 4.71. The van der Waals surface area contributed by atoms with Crippen LogP contribution in [0.25, 0.3) is 0 Å². The molecule has 0 atom stereocenters. The van der Waals surface area contributed by atoms with Crippen LogP contribution in [0.5, 0.6) is 5.75 Å². The first kappa shape index (κ1) is 22.4. The molecule has 0 fully saturated rings. The first-order valence-electron chi connectivity index (χ1n) is 9.81. The highest BCUT2D eigenvalue weighted by atomic mass is 32.2. The maximum atomic E-state index is 13.0. The zero-order valence-electron chi connectivity index (χ0n) is 18.0. The van der Waals surface area contributed by atoms with Gasteiger partial charge in [0.05, 0.1) is 12.0 Å². The molecule has 0 spiro atoms. The van der Waals surface area contributed by atoms with Gasteiger partial charge in [-0.15, -0.1) is 0 Å². The van der Waals surface area contributed by atoms with Gasteiger partial charge in [0.1, 0.15) is 5.75 Å². The fourth-order valence-electron chi connectivity index (χ4n) is 3.40. The molecule has 0 unspecified atom stereocenters. The summed E-state index contributed by atoms with van der Waals surface area (Å²) in [6, 6.07) is 17.5. The predicted molar refractivity (Wildman–Crippen MR) is 122 cm³/mol. The van der Waals surface area contributed by atoms with Crippen molar-refractivity contribution >= 4 is 21.6 Å². The molecular weight excluding hydrogens is 412 g/mol. The van der Waals surface area contributed by atoms with Crippen molar-refractivity contribution in [3.63, 3.8) is 0 Å². The number of amides is 1. The molecule has 0 aliphatic carbocycles. The summed E-state index contributed by atoms with van der Waals surface area (Å²) in [4.78, 5) is 12.8. The van der Waals surface area contributed by atoms with E-state index in [1.807, 2.05) is 44.2 Å². The second-order valence-electron chi connectivity index (χ2n) is 7.46. The number of carbonyl (C=O) groups excluding carboxylic acids is 1. The van der Waals surface area contributed by atoms with Gasteiger partial charge < -0.3 is 10.1 Å². The third kappa shape index (κ3) is 5.44. The topological polar surface area (TPSA) is 84.5 Å². The van der Waals surface area contributed by atoms with Gasteiger partial charge in [-0.25, -0.2) is 8.42 Å². The molecule has 0 aliphatic rings. The summed E-state index contributed by atoms with van der Waals surface area (Å²) in [5.41, 5.74) is 4.05. The molecular formula is C24H26N2O4S. The number of methoxy groups -OCH3 is 1. The highest BCUT2D eigenvalue weighted by Crippen LogP contribution is 2.23. The number of para-hydroxylation sites is 1. The Hall–Kier alpha value is -3.32. The summed E-state index contributed by atoms with van der Waals surface area (Å²) in [5.74, 6) is 0.307. The molecule has 1 amide bonds. The Morgan fingerprint density at radius 1 is 0.935 bits per heavy atom. The van der Waals surface area contributed by atoms with Crippen LogP contribution in [0.3, 0.4) is 0 Å². The molecule has 3 aromatic carbocycles. The number of ether oxygens (including phenoxy) is 1. The normalized spacial score (nSPS) is 11.1. The second-order valence-corrected chi connectivity index (χ2v) is 9.11. The lowest BCUT2D eigenvalue weighted by atomic mass is 10.1. The van der Waals surface area contributed by atoms with Crippen molar-refractivity contribution in [3.8, 4) is 5.75 Å². The average molecular weight is 439 g/mol. The number of nitrogens with one attached hydrogen (secondary N) is 2. The zero-order chi connectivity index (χ0) is 22.6. The van der Waals surface area contributed by atoms with Crippen molar-refractivity contribution in [3.05, 3.63) is 88.5 Å². The van der Waals surface area contributed by atoms with Crippen LogP contribution in [-0.2, 0) is 16.6 Å². The summed E-state index contributed by atoms with van der Waals surface area (Å²) < 4.78 is 34.0. The van der Waals surface area contributed by atoms with Crippen LogP contribution in [0, 0.1) is 20.8 Å². The highest BCUT2D eigenvalue weighted by molar-refractivity contribution is 7.92. The molecule has 0 saturated heterocycles. The van der Waals surface area contributed by atoms with Crippen molar-refractivity contribution in [2.24, 2.45) is 0 Å². The van der Waals surface area contributed by atoms with Crippen LogP contribution >= 0.6 is 0 Å². The molecule has 6 nitrogen and oxygen atoms in total. The molecule has 3 aromatic rings. The SMILES string of the molecule is COc1ccccc1CNC(=O)c1ccc(C)c(S(=O)(=O)Nc2cc(C)cc(C)c2)c1. The molecule has 2 N–H and O–H groups in total. The summed E-state index contributed by atoms with van der Waals surface area (Å²) in [5, 5.41) is 2.82. The smallest absolute Gasteiger partial charge is 0.262 e. The van der Waals surface area contributed by atoms with Gasteiger partial charge in [-0.3, -0.25) is 9.52 Å². The van der Waals surface area contributed by atoms with E-state index < -0.39 is 10.0 Å². The van der Waals surface area contributed by atoms with E-state index in [-0.39, 0.29) is 22.9 Å². The first-order chi connectivity index (χ1) is 14.7. The summed E-state index contributed by atoms with van der Waals surface area (Å²) in [6.07, 6.45) is 0. The molecule has 0 bridgehead atoms. The molecule has 0 heterocycles. The fraction of sp³-hybridized carbons (Fsp3) is 0.208. The van der Waals surface area contributed by atoms with E-state index in [2.05, 4.69) is 10.0 Å². The molecule has 31 heavy (non-hydrogen) atoms. The van der Waals surface area contributed by atoms with E-state index in [0.29, 0.717) is 17.0 Å². The number of benzene rings is 3. The summed E-state index contributed by atoms with van der Waals surface area (Å²) in [7, 11) is -2.29. The van der Waals surface area contributed by atoms with E-state index >= 15 is 0 Å². The minimum atomic E-state index is -3.86. The Labute approximate surface area is 183 Å². The van der Waals surface area contributed by atoms with Gasteiger partial charge in [0.2, 0.25) is 0 Å². The maximum Gasteiger partial charge on any atom is 0.262 e. The lowest BCUT2D eigenvalue weighted by Crippen LogP contribution is -2.24. The monoisotopic (exact) mass is 438 g/mol. The molecule has 7 heteroatoms. The number of rotatable bonds is 7. The van der Waals surface area contributed by atoms with Gasteiger partial charge in [0, 0.05) is 23.4 Å². The minimum Gasteiger partial charge on any atom is -0.496 e. The van der Waals surface area contributed by atoms with E-state index in [0.717, 1.165) is 16.7 Å². The van der Waals surface area contributed by atoms with Crippen molar-refractivity contribution in [1.82, 2.24) is 5.32 Å². The Balaban J connectivity index is 1.82. The van der Waals surface area contributed by atoms with Crippen LogP contribution in [0.15, 0.2) is 65.6 Å². The Morgan fingerprint density at radius 3 is 2.29 bits per heavy atom. The third-order valence-electron chi connectivity index (χ3n) is 4.85. The van der Waals surface area contributed by atoms with Crippen LogP contribution < -0.4 is 14.8 Å². The first-order valence-corrected chi connectivity index (χ1v) is 11.3. The molecule has 3 rings (SSSR count). The Bertz CT molecular complexity index is 1200. The van der Waals surface area contributed by atoms with E-state index in [1.54, 1.807) is 38.3 Å². The van der Waals surface area contributed by atoms with Crippen LogP contribution in [0.4, 0.5) is 5.69 Å². The van der Waals surface area contributed by atoms with Gasteiger partial charge in [0.15, 0.2) is 0 Å². The van der Waals surface area contributed by atoms with E-state index in [1.165, 1.54) is 6.07 Å². The molecule has 0 aromatic heterocycles. The van der Waals surface area contributed by atoms with Crippen LogP contribution in [0.2, 0.25) is 0 Å². The largest absolute Gasteiger partial charge is 0.496 e. The number of anilines is 1. The minimum absolute atomic E-state index is 0.0663. The molecule has 0 aliphatic heterocycles. The van der Waals surface area contributed by atoms with Gasteiger partial charge in [-0.05, 0) is 67.8 Å². The number of aryl methyl sites for hydroxylation is 3. The van der Waals surface area contributed by atoms with E-state index in [9.17, 15) is 13.2 Å². The van der Waals surface area contributed by atoms with Gasteiger partial charge >= 0.3 is 0 Å². The standard InChI is InChI=1S/C24H26N2O4S/c1-16-11-17(2)13-21(12-16)26-31(28,29)23-14-19(10-9-18(23)3)24(27)25-15-20-7-5-6-8-22(20)30-4/h5-14,26H,15H2,1-4H3,(H,25,27). The van der Waals surface area contributed by atoms with Crippen molar-refractivity contribution < 1.29 is 17.9 Å². The van der Waals surface area contributed by atoms with Crippen molar-refractivity contribution in [2.45, 2.75) is 32.2 Å². The van der Waals surface area contributed by atoms with Crippen LogP contribution in [-0.4, -0.2) is 21.4 Å². The molecule has 162 valence electrons. The molecule has 0 saturated carbocycles. The van der Waals surface area contributed by atoms with Crippen molar-refractivity contribution in [2.75, 3.05) is 11.8 Å². The zero-order valence-corrected chi connectivity index (χ0v) is 18.8. The summed E-state index contributed by atoms with van der Waals surface area (Å²) in [6.45, 7) is 5.78. The predicted octanol–water partition coefficient (Wildman–Crippen LogP) is 4.35. The lowest BCUT2D eigenvalue weighted by molar-refractivity contribution is 0.0950. The van der Waals surface area contributed by atoms with E-state index in [4.69, 9.17) is 4.74 Å². The van der Waals surface area contributed by atoms with Gasteiger partial charge in [-0.2, -0.15) is 0 Å². The Morgan fingerprint density at radius 2 is 1.61 bits per heavy atom. The third-order valence-corrected chi connectivity index (χ3v) is 6.37. The second kappa shape index (κ2) is 9.22. The lowest BCUT2D eigenvalue weighted by Gasteiger charge is -2.14. The average Bonchev–Trinajstić information content (AvgIpc) is 2.71.